The Labute approximate surface area is 165 Å². The number of halogens is 1. The second-order valence-corrected chi connectivity index (χ2v) is 7.00. The van der Waals surface area contributed by atoms with Crippen molar-refractivity contribution in [3.8, 4) is 0 Å². The highest BCUT2D eigenvalue weighted by atomic mass is 35.5. The molecule has 0 fully saturated rings. The molecule has 3 rings (SSSR count). The van der Waals surface area contributed by atoms with E-state index < -0.39 is 0 Å². The van der Waals surface area contributed by atoms with Gasteiger partial charge in [-0.3, -0.25) is 19.9 Å². The van der Waals surface area contributed by atoms with E-state index >= 15 is 0 Å². The summed E-state index contributed by atoms with van der Waals surface area (Å²) in [5.41, 5.74) is 2.08. The molecule has 2 heterocycles. The monoisotopic (exact) mass is 400 g/mol. The Morgan fingerprint density at radius 1 is 1.07 bits per heavy atom. The van der Waals surface area contributed by atoms with Gasteiger partial charge in [-0.1, -0.05) is 17.7 Å². The van der Waals surface area contributed by atoms with Crippen LogP contribution in [-0.4, -0.2) is 21.8 Å². The van der Waals surface area contributed by atoms with Gasteiger partial charge >= 0.3 is 0 Å². The van der Waals surface area contributed by atoms with Gasteiger partial charge in [-0.05, 0) is 42.8 Å². The molecule has 0 saturated heterocycles. The third-order valence-corrected chi connectivity index (χ3v) is 4.74. The molecule has 2 amide bonds. The van der Waals surface area contributed by atoms with Crippen LogP contribution in [0.2, 0.25) is 5.02 Å². The summed E-state index contributed by atoms with van der Waals surface area (Å²) in [5, 5.41) is 8.49. The lowest BCUT2D eigenvalue weighted by Gasteiger charge is -2.04. The van der Waals surface area contributed by atoms with E-state index in [9.17, 15) is 9.59 Å². The Morgan fingerprint density at radius 2 is 1.89 bits per heavy atom. The minimum absolute atomic E-state index is 0.0691. The van der Waals surface area contributed by atoms with Crippen LogP contribution in [0.15, 0.2) is 54.0 Å². The molecule has 138 valence electrons. The van der Waals surface area contributed by atoms with Crippen molar-refractivity contribution < 1.29 is 9.59 Å². The lowest BCUT2D eigenvalue weighted by atomic mass is 10.2. The maximum absolute atomic E-state index is 12.2. The SMILES string of the molecule is O=C(CCc1csc(NC(=O)c2ccc(Cl)cc2)n1)NCc1ccccn1. The second kappa shape index (κ2) is 9.25. The molecule has 8 heteroatoms. The number of nitrogens with zero attached hydrogens (tertiary/aromatic N) is 2. The zero-order valence-electron chi connectivity index (χ0n) is 14.3. The largest absolute Gasteiger partial charge is 0.350 e. The van der Waals surface area contributed by atoms with Crippen molar-refractivity contribution in [1.29, 1.82) is 0 Å². The van der Waals surface area contributed by atoms with Gasteiger partial charge in [-0.25, -0.2) is 4.98 Å². The van der Waals surface area contributed by atoms with Crippen LogP contribution in [0.3, 0.4) is 0 Å². The van der Waals surface area contributed by atoms with Crippen LogP contribution in [0.1, 0.15) is 28.2 Å². The van der Waals surface area contributed by atoms with Gasteiger partial charge < -0.3 is 5.32 Å². The van der Waals surface area contributed by atoms with Crippen LogP contribution in [0.5, 0.6) is 0 Å². The van der Waals surface area contributed by atoms with Gasteiger partial charge in [0.2, 0.25) is 5.91 Å². The lowest BCUT2D eigenvalue weighted by Crippen LogP contribution is -2.23. The van der Waals surface area contributed by atoms with E-state index in [0.717, 1.165) is 11.4 Å². The molecule has 6 nitrogen and oxygen atoms in total. The van der Waals surface area contributed by atoms with Crippen LogP contribution in [0.25, 0.3) is 0 Å². The topological polar surface area (TPSA) is 84.0 Å². The molecule has 0 saturated carbocycles. The number of carbonyl (C=O) groups is 2. The molecule has 1 aromatic carbocycles. The number of amides is 2. The molecule has 0 aliphatic heterocycles. The maximum Gasteiger partial charge on any atom is 0.257 e. The second-order valence-electron chi connectivity index (χ2n) is 5.70. The number of carbonyl (C=O) groups excluding carboxylic acids is 2. The number of hydrogen-bond donors (Lipinski definition) is 2. The molecule has 0 unspecified atom stereocenters. The average Bonchev–Trinajstić information content (AvgIpc) is 3.13. The fraction of sp³-hybridized carbons (Fsp3) is 0.158. The number of rotatable bonds is 7. The van der Waals surface area contributed by atoms with Crippen molar-refractivity contribution in [1.82, 2.24) is 15.3 Å². The summed E-state index contributed by atoms with van der Waals surface area (Å²) >= 11 is 7.15. The minimum atomic E-state index is -0.249. The molecule has 0 atom stereocenters. The third kappa shape index (κ3) is 5.87. The zero-order chi connectivity index (χ0) is 19.1. The summed E-state index contributed by atoms with van der Waals surface area (Å²) in [6.07, 6.45) is 2.51. The van der Waals surface area contributed by atoms with E-state index in [-0.39, 0.29) is 11.8 Å². The van der Waals surface area contributed by atoms with E-state index in [1.54, 1.807) is 30.5 Å². The van der Waals surface area contributed by atoms with E-state index in [1.165, 1.54) is 11.3 Å². The summed E-state index contributed by atoms with van der Waals surface area (Å²) in [6, 6.07) is 12.2. The fourth-order valence-electron chi connectivity index (χ4n) is 2.27. The molecule has 0 bridgehead atoms. The van der Waals surface area contributed by atoms with Crippen LogP contribution >= 0.6 is 22.9 Å². The zero-order valence-corrected chi connectivity index (χ0v) is 15.9. The van der Waals surface area contributed by atoms with E-state index in [0.29, 0.717) is 35.1 Å². The van der Waals surface area contributed by atoms with Crippen LogP contribution < -0.4 is 10.6 Å². The number of thiazole rings is 1. The van der Waals surface area contributed by atoms with Gasteiger partial charge in [0.25, 0.3) is 5.91 Å². The first-order chi connectivity index (χ1) is 13.1. The van der Waals surface area contributed by atoms with Crippen molar-refractivity contribution in [2.24, 2.45) is 0 Å². The van der Waals surface area contributed by atoms with Gasteiger partial charge in [-0.2, -0.15) is 0 Å². The summed E-state index contributed by atoms with van der Waals surface area (Å²) in [7, 11) is 0. The first-order valence-corrected chi connectivity index (χ1v) is 9.54. The van der Waals surface area contributed by atoms with E-state index in [2.05, 4.69) is 20.6 Å². The van der Waals surface area contributed by atoms with Gasteiger partial charge in [0.15, 0.2) is 5.13 Å². The Balaban J connectivity index is 1.45. The quantitative estimate of drug-likeness (QED) is 0.633. The Kier molecular flexibility index (Phi) is 6.51. The van der Waals surface area contributed by atoms with Crippen LogP contribution in [0.4, 0.5) is 5.13 Å². The summed E-state index contributed by atoms with van der Waals surface area (Å²) in [6.45, 7) is 0.402. The van der Waals surface area contributed by atoms with Gasteiger partial charge in [-0.15, -0.1) is 11.3 Å². The van der Waals surface area contributed by atoms with Crippen molar-refractivity contribution in [2.45, 2.75) is 19.4 Å². The van der Waals surface area contributed by atoms with Gasteiger partial charge in [0.05, 0.1) is 17.9 Å². The minimum Gasteiger partial charge on any atom is -0.350 e. The highest BCUT2D eigenvalue weighted by Gasteiger charge is 2.10. The standard InChI is InChI=1S/C19H17ClN4O2S/c20-14-6-4-13(5-7-14)18(26)24-19-23-16(12-27-19)8-9-17(25)22-11-15-3-1-2-10-21-15/h1-7,10,12H,8-9,11H2,(H,22,25)(H,23,24,26). The summed E-state index contributed by atoms with van der Waals surface area (Å²) in [4.78, 5) is 32.6. The van der Waals surface area contributed by atoms with Crippen molar-refractivity contribution in [3.05, 3.63) is 76.0 Å². The van der Waals surface area contributed by atoms with Crippen LogP contribution in [0, 0.1) is 0 Å². The molecule has 27 heavy (non-hydrogen) atoms. The Morgan fingerprint density at radius 3 is 2.63 bits per heavy atom. The summed E-state index contributed by atoms with van der Waals surface area (Å²) in [5.74, 6) is -0.318. The van der Waals surface area contributed by atoms with Crippen LogP contribution in [-0.2, 0) is 17.8 Å². The number of aromatic nitrogens is 2. The van der Waals surface area contributed by atoms with Crippen molar-refractivity contribution in [3.63, 3.8) is 0 Å². The summed E-state index contributed by atoms with van der Waals surface area (Å²) < 4.78 is 0. The first kappa shape index (κ1) is 19.0. The molecule has 0 spiro atoms. The normalized spacial score (nSPS) is 10.4. The first-order valence-electron chi connectivity index (χ1n) is 8.28. The predicted molar refractivity (Wildman–Crippen MR) is 106 cm³/mol. The lowest BCUT2D eigenvalue weighted by molar-refractivity contribution is -0.121. The average molecular weight is 401 g/mol. The molecule has 0 radical (unpaired) electrons. The van der Waals surface area contributed by atoms with Crippen molar-refractivity contribution in [2.75, 3.05) is 5.32 Å². The molecular weight excluding hydrogens is 384 g/mol. The molecule has 3 aromatic rings. The predicted octanol–water partition coefficient (Wildman–Crippen LogP) is 3.69. The number of pyridine rings is 1. The highest BCUT2D eigenvalue weighted by molar-refractivity contribution is 7.14. The molecule has 2 N–H and O–H groups in total. The number of aryl methyl sites for hydroxylation is 1. The van der Waals surface area contributed by atoms with E-state index in [4.69, 9.17) is 11.6 Å². The Bertz CT molecular complexity index is 913. The fourth-order valence-corrected chi connectivity index (χ4v) is 3.14. The van der Waals surface area contributed by atoms with Gasteiger partial charge in [0.1, 0.15) is 0 Å². The van der Waals surface area contributed by atoms with E-state index in [1.807, 2.05) is 23.6 Å². The highest BCUT2D eigenvalue weighted by Crippen LogP contribution is 2.18. The maximum atomic E-state index is 12.2. The molecular formula is C19H17ClN4O2S. The Hall–Kier alpha value is -2.77. The smallest absolute Gasteiger partial charge is 0.257 e. The number of anilines is 1. The third-order valence-electron chi connectivity index (χ3n) is 3.68. The number of nitrogens with one attached hydrogen (secondary N) is 2. The number of benzene rings is 1. The molecule has 0 aliphatic rings. The van der Waals surface area contributed by atoms with Crippen molar-refractivity contribution >= 4 is 39.9 Å². The van der Waals surface area contributed by atoms with Gasteiger partial charge in [0, 0.05) is 28.6 Å². The molecule has 2 aromatic heterocycles. The number of hydrogen-bond acceptors (Lipinski definition) is 5. The molecule has 0 aliphatic carbocycles.